The largest absolute Gasteiger partial charge is 0.481 e. The highest BCUT2D eigenvalue weighted by atomic mass is 16.5. The van der Waals surface area contributed by atoms with Crippen LogP contribution in [0.5, 0.6) is 5.88 Å². The zero-order valence-electron chi connectivity index (χ0n) is 10.9. The molecular weight excluding hydrogens is 232 g/mol. The summed E-state index contributed by atoms with van der Waals surface area (Å²) < 4.78 is 9.89. The van der Waals surface area contributed by atoms with Crippen LogP contribution in [0.15, 0.2) is 18.2 Å². The van der Waals surface area contributed by atoms with Crippen molar-refractivity contribution in [3.8, 4) is 5.88 Å². The van der Waals surface area contributed by atoms with Gasteiger partial charge >= 0.3 is 5.97 Å². The van der Waals surface area contributed by atoms with E-state index in [0.717, 1.165) is 5.69 Å². The van der Waals surface area contributed by atoms with Gasteiger partial charge in [0.05, 0.1) is 13.7 Å². The molecule has 2 N–H and O–H groups in total. The standard InChI is InChI=1S/C13H20N2O3/c1-3-18-13(16)8-7-10(14)9-11-5-4-6-12(15-11)17-2/h4-6,10H,3,7-9,14H2,1-2H3. The molecule has 1 rings (SSSR count). The molecule has 5 nitrogen and oxygen atoms in total. The van der Waals surface area contributed by atoms with Crippen LogP contribution in [0.25, 0.3) is 0 Å². The number of hydrogen-bond donors (Lipinski definition) is 1. The van der Waals surface area contributed by atoms with E-state index in [2.05, 4.69) is 4.98 Å². The first kappa shape index (κ1) is 14.4. The van der Waals surface area contributed by atoms with E-state index in [0.29, 0.717) is 31.7 Å². The quantitative estimate of drug-likeness (QED) is 0.740. The van der Waals surface area contributed by atoms with Crippen molar-refractivity contribution in [1.29, 1.82) is 0 Å². The second-order valence-electron chi connectivity index (χ2n) is 3.98. The Labute approximate surface area is 107 Å². The summed E-state index contributed by atoms with van der Waals surface area (Å²) in [6, 6.07) is 5.45. The van der Waals surface area contributed by atoms with Gasteiger partial charge < -0.3 is 15.2 Å². The fraction of sp³-hybridized carbons (Fsp3) is 0.538. The van der Waals surface area contributed by atoms with Crippen molar-refractivity contribution in [3.05, 3.63) is 23.9 Å². The maximum atomic E-state index is 11.2. The van der Waals surface area contributed by atoms with Crippen LogP contribution in [0, 0.1) is 0 Å². The number of methoxy groups -OCH3 is 1. The highest BCUT2D eigenvalue weighted by molar-refractivity contribution is 5.69. The van der Waals surface area contributed by atoms with Gasteiger partial charge in [0.1, 0.15) is 0 Å². The Morgan fingerprint density at radius 2 is 2.28 bits per heavy atom. The van der Waals surface area contributed by atoms with Gasteiger partial charge in [-0.2, -0.15) is 0 Å². The molecule has 0 amide bonds. The van der Waals surface area contributed by atoms with Crippen molar-refractivity contribution in [2.75, 3.05) is 13.7 Å². The van der Waals surface area contributed by atoms with Crippen molar-refractivity contribution >= 4 is 5.97 Å². The van der Waals surface area contributed by atoms with Crippen molar-refractivity contribution in [1.82, 2.24) is 4.98 Å². The lowest BCUT2D eigenvalue weighted by atomic mass is 10.1. The Bertz CT molecular complexity index is 382. The molecular formula is C13H20N2O3. The number of pyridine rings is 1. The maximum Gasteiger partial charge on any atom is 0.305 e. The molecule has 100 valence electrons. The SMILES string of the molecule is CCOC(=O)CCC(N)Cc1cccc(OC)n1. The number of nitrogens with zero attached hydrogens (tertiary/aromatic N) is 1. The molecule has 0 aliphatic rings. The van der Waals surface area contributed by atoms with Crippen molar-refractivity contribution < 1.29 is 14.3 Å². The number of ether oxygens (including phenoxy) is 2. The highest BCUT2D eigenvalue weighted by Gasteiger charge is 2.09. The fourth-order valence-electron chi connectivity index (χ4n) is 1.59. The van der Waals surface area contributed by atoms with Gasteiger partial charge in [-0.3, -0.25) is 4.79 Å². The van der Waals surface area contributed by atoms with E-state index in [1.165, 1.54) is 0 Å². The van der Waals surface area contributed by atoms with Crippen LogP contribution in [0.4, 0.5) is 0 Å². The van der Waals surface area contributed by atoms with Gasteiger partial charge in [0.25, 0.3) is 0 Å². The molecule has 0 fully saturated rings. The number of carbonyl (C=O) groups excluding carboxylic acids is 1. The molecule has 5 heteroatoms. The van der Waals surface area contributed by atoms with Crippen molar-refractivity contribution in [3.63, 3.8) is 0 Å². The monoisotopic (exact) mass is 252 g/mol. The Hall–Kier alpha value is -1.62. The zero-order chi connectivity index (χ0) is 13.4. The lowest BCUT2D eigenvalue weighted by Crippen LogP contribution is -2.24. The second-order valence-corrected chi connectivity index (χ2v) is 3.98. The van der Waals surface area contributed by atoms with Gasteiger partial charge in [-0.25, -0.2) is 4.98 Å². The lowest BCUT2D eigenvalue weighted by Gasteiger charge is -2.11. The summed E-state index contributed by atoms with van der Waals surface area (Å²) in [5.74, 6) is 0.372. The van der Waals surface area contributed by atoms with E-state index < -0.39 is 0 Å². The van der Waals surface area contributed by atoms with Gasteiger partial charge in [-0.05, 0) is 19.4 Å². The van der Waals surface area contributed by atoms with Crippen molar-refractivity contribution in [2.45, 2.75) is 32.2 Å². The molecule has 1 aromatic rings. The molecule has 0 radical (unpaired) electrons. The first-order chi connectivity index (χ1) is 8.65. The number of hydrogen-bond acceptors (Lipinski definition) is 5. The van der Waals surface area contributed by atoms with E-state index in [1.807, 2.05) is 12.1 Å². The molecule has 1 unspecified atom stereocenters. The Morgan fingerprint density at radius 1 is 1.50 bits per heavy atom. The summed E-state index contributed by atoms with van der Waals surface area (Å²) in [7, 11) is 1.58. The number of esters is 1. The lowest BCUT2D eigenvalue weighted by molar-refractivity contribution is -0.143. The van der Waals surface area contributed by atoms with Crippen LogP contribution in [0.1, 0.15) is 25.5 Å². The third kappa shape index (κ3) is 5.14. The first-order valence-corrected chi connectivity index (χ1v) is 6.06. The molecule has 1 aromatic heterocycles. The number of rotatable bonds is 7. The molecule has 0 bridgehead atoms. The van der Waals surface area contributed by atoms with Crippen LogP contribution >= 0.6 is 0 Å². The number of nitrogens with two attached hydrogens (primary N) is 1. The minimum Gasteiger partial charge on any atom is -0.481 e. The zero-order valence-corrected chi connectivity index (χ0v) is 10.9. The predicted molar refractivity (Wildman–Crippen MR) is 68.3 cm³/mol. The van der Waals surface area contributed by atoms with Gasteiger partial charge in [0, 0.05) is 30.6 Å². The molecule has 0 saturated carbocycles. The van der Waals surface area contributed by atoms with E-state index in [-0.39, 0.29) is 12.0 Å². The average Bonchev–Trinajstić information content (AvgIpc) is 2.37. The summed E-state index contributed by atoms with van der Waals surface area (Å²) in [4.78, 5) is 15.5. The van der Waals surface area contributed by atoms with E-state index in [9.17, 15) is 4.79 Å². The van der Waals surface area contributed by atoms with Crippen molar-refractivity contribution in [2.24, 2.45) is 5.73 Å². The van der Waals surface area contributed by atoms with E-state index in [4.69, 9.17) is 15.2 Å². The third-order valence-corrected chi connectivity index (χ3v) is 2.49. The number of aromatic nitrogens is 1. The summed E-state index contributed by atoms with van der Waals surface area (Å²) in [5.41, 5.74) is 6.82. The summed E-state index contributed by atoms with van der Waals surface area (Å²) >= 11 is 0. The third-order valence-electron chi connectivity index (χ3n) is 2.49. The van der Waals surface area contributed by atoms with Crippen LogP contribution < -0.4 is 10.5 Å². The Kier molecular flexibility index (Phi) is 6.14. The van der Waals surface area contributed by atoms with E-state index >= 15 is 0 Å². The molecule has 0 aliphatic carbocycles. The van der Waals surface area contributed by atoms with Gasteiger partial charge in [-0.15, -0.1) is 0 Å². The summed E-state index contributed by atoms with van der Waals surface area (Å²) in [6.45, 7) is 2.20. The highest BCUT2D eigenvalue weighted by Crippen LogP contribution is 2.09. The van der Waals surface area contributed by atoms with Crippen LogP contribution in [-0.4, -0.2) is 30.7 Å². The van der Waals surface area contributed by atoms with Crippen LogP contribution in [0.2, 0.25) is 0 Å². The van der Waals surface area contributed by atoms with Gasteiger partial charge in [0.15, 0.2) is 0 Å². The van der Waals surface area contributed by atoms with E-state index in [1.54, 1.807) is 20.1 Å². The molecule has 1 heterocycles. The molecule has 0 aromatic carbocycles. The normalized spacial score (nSPS) is 11.9. The summed E-state index contributed by atoms with van der Waals surface area (Å²) in [5, 5.41) is 0. The second kappa shape index (κ2) is 7.66. The molecule has 1 atom stereocenters. The topological polar surface area (TPSA) is 74.4 Å². The van der Waals surface area contributed by atoms with Gasteiger partial charge in [-0.1, -0.05) is 6.07 Å². The molecule has 18 heavy (non-hydrogen) atoms. The Balaban J connectivity index is 2.39. The maximum absolute atomic E-state index is 11.2. The Morgan fingerprint density at radius 3 is 2.94 bits per heavy atom. The molecule has 0 aliphatic heterocycles. The minimum absolute atomic E-state index is 0.103. The minimum atomic E-state index is -0.202. The van der Waals surface area contributed by atoms with Gasteiger partial charge in [0.2, 0.25) is 5.88 Å². The van der Waals surface area contributed by atoms with Crippen LogP contribution in [-0.2, 0) is 16.0 Å². The molecule has 0 saturated heterocycles. The smallest absolute Gasteiger partial charge is 0.305 e. The first-order valence-electron chi connectivity index (χ1n) is 6.06. The average molecular weight is 252 g/mol. The summed E-state index contributed by atoms with van der Waals surface area (Å²) in [6.07, 6.45) is 1.56. The predicted octanol–water partition coefficient (Wildman–Crippen LogP) is 1.30. The number of carbonyl (C=O) groups is 1. The fourth-order valence-corrected chi connectivity index (χ4v) is 1.59. The van der Waals surface area contributed by atoms with Crippen LogP contribution in [0.3, 0.4) is 0 Å². The molecule has 0 spiro atoms.